The molecule has 0 amide bonds. The first-order valence-corrected chi connectivity index (χ1v) is 11.0. The number of phosphoric ester groups is 1. The predicted octanol–water partition coefficient (Wildman–Crippen LogP) is 0.317. The van der Waals surface area contributed by atoms with Crippen LogP contribution in [0.3, 0.4) is 0 Å². The van der Waals surface area contributed by atoms with Crippen molar-refractivity contribution in [2.24, 2.45) is 0 Å². The fourth-order valence-electron chi connectivity index (χ4n) is 4.41. The topological polar surface area (TPSA) is 161 Å². The van der Waals surface area contributed by atoms with Crippen molar-refractivity contribution in [3.8, 4) is 0 Å². The van der Waals surface area contributed by atoms with E-state index >= 15 is 0 Å². The summed E-state index contributed by atoms with van der Waals surface area (Å²) >= 11 is 0. The fraction of sp³-hybridized carbons (Fsp3) is 0.688. The van der Waals surface area contributed by atoms with Crippen LogP contribution >= 0.6 is 7.82 Å². The van der Waals surface area contributed by atoms with Crippen LogP contribution in [0.4, 0.5) is 5.82 Å². The maximum absolute atomic E-state index is 11.9. The third-order valence-corrected chi connectivity index (χ3v) is 6.87. The summed E-state index contributed by atoms with van der Waals surface area (Å²) in [4.78, 5) is 22.7. The molecule has 2 aromatic heterocycles. The molecule has 5 rings (SSSR count). The Labute approximate surface area is 165 Å². The summed E-state index contributed by atoms with van der Waals surface area (Å²) in [7, 11) is -4.21. The lowest BCUT2D eigenvalue weighted by Crippen LogP contribution is -2.39. The first-order chi connectivity index (χ1) is 14.0. The van der Waals surface area contributed by atoms with E-state index in [0.29, 0.717) is 17.0 Å². The summed E-state index contributed by atoms with van der Waals surface area (Å²) in [6.07, 6.45) is 3.12. The zero-order valence-electron chi connectivity index (χ0n) is 15.4. The van der Waals surface area contributed by atoms with Gasteiger partial charge in [0.05, 0.1) is 25.1 Å². The lowest BCUT2D eigenvalue weighted by atomic mass is 9.99. The Morgan fingerprint density at radius 3 is 2.69 bits per heavy atom. The number of phosphoric acid groups is 1. The van der Waals surface area contributed by atoms with E-state index < -0.39 is 44.5 Å². The maximum atomic E-state index is 11.9. The number of nitrogens with zero attached hydrogens (tertiary/aromatic N) is 4. The molecule has 4 heterocycles. The number of ether oxygens (including phenoxy) is 1. The van der Waals surface area contributed by atoms with Crippen molar-refractivity contribution in [3.05, 3.63) is 12.7 Å². The summed E-state index contributed by atoms with van der Waals surface area (Å²) in [6.45, 7) is -0.404. The molecule has 3 aliphatic rings. The Hall–Kier alpha value is -1.66. The molecule has 4 N–H and O–H groups in total. The van der Waals surface area contributed by atoms with E-state index in [2.05, 4.69) is 20.3 Å². The number of rotatable bonds is 5. The predicted molar refractivity (Wildman–Crippen MR) is 97.8 cm³/mol. The highest BCUT2D eigenvalue weighted by Crippen LogP contribution is 2.58. The van der Waals surface area contributed by atoms with Crippen molar-refractivity contribution in [2.45, 2.75) is 55.8 Å². The molecule has 0 bridgehead atoms. The highest BCUT2D eigenvalue weighted by molar-refractivity contribution is 7.47. The number of aliphatic hydroxyl groups excluding tert-OH is 2. The SMILES string of the molecule is O=P1(O)O[C@@H]2[C@H](O1)[C@@H](CO)O[C@H]2n1cnc2c(NC3(CO)CCCC3)ncnc21. The van der Waals surface area contributed by atoms with Gasteiger partial charge in [0.1, 0.15) is 24.6 Å². The van der Waals surface area contributed by atoms with E-state index in [1.807, 2.05) is 0 Å². The number of hydrogen-bond acceptors (Lipinski definition) is 10. The van der Waals surface area contributed by atoms with Crippen LogP contribution in [0, 0.1) is 0 Å². The van der Waals surface area contributed by atoms with Gasteiger partial charge in [-0.15, -0.1) is 0 Å². The van der Waals surface area contributed by atoms with Crippen molar-refractivity contribution in [1.82, 2.24) is 19.5 Å². The third kappa shape index (κ3) is 3.15. The largest absolute Gasteiger partial charge is 0.473 e. The van der Waals surface area contributed by atoms with Crippen molar-refractivity contribution >= 4 is 24.8 Å². The summed E-state index contributed by atoms with van der Waals surface area (Å²) in [6, 6.07) is 0. The molecule has 5 atom stereocenters. The van der Waals surface area contributed by atoms with Crippen LogP contribution in [-0.2, 0) is 18.3 Å². The molecular formula is C16H22N5O7P. The standard InChI is InChI=1S/C16H22N5O7P/c22-5-9-11-12(28-29(24,25)27-11)15(26-9)21-8-19-10-13(17-7-18-14(10)21)20-16(6-23)3-1-2-4-16/h7-9,11-12,15,22-23H,1-6H2,(H,24,25)(H,17,18,20)/t9-,11-,12-,15-/m1/s1. The van der Waals surface area contributed by atoms with Crippen molar-refractivity contribution in [2.75, 3.05) is 18.5 Å². The van der Waals surface area contributed by atoms with Gasteiger partial charge in [-0.1, -0.05) is 12.8 Å². The zero-order valence-corrected chi connectivity index (χ0v) is 16.3. The van der Waals surface area contributed by atoms with E-state index in [1.165, 1.54) is 12.7 Å². The molecular weight excluding hydrogens is 405 g/mol. The Balaban J connectivity index is 1.50. The lowest BCUT2D eigenvalue weighted by molar-refractivity contribution is -0.0589. The van der Waals surface area contributed by atoms with Gasteiger partial charge in [-0.25, -0.2) is 19.5 Å². The Morgan fingerprint density at radius 1 is 1.21 bits per heavy atom. The van der Waals surface area contributed by atoms with Crippen LogP contribution in [0.25, 0.3) is 11.2 Å². The summed E-state index contributed by atoms with van der Waals surface area (Å²) in [5, 5.41) is 22.8. The smallest absolute Gasteiger partial charge is 0.394 e. The fourth-order valence-corrected chi connectivity index (χ4v) is 5.55. The van der Waals surface area contributed by atoms with Crippen molar-refractivity contribution in [3.63, 3.8) is 0 Å². The Bertz CT molecular complexity index is 964. The van der Waals surface area contributed by atoms with E-state index in [4.69, 9.17) is 13.8 Å². The number of imidazole rings is 1. The second-order valence-electron chi connectivity index (χ2n) is 7.67. The van der Waals surface area contributed by atoms with Crippen LogP contribution < -0.4 is 5.32 Å². The number of hydrogen-bond donors (Lipinski definition) is 4. The molecule has 1 saturated carbocycles. The quantitative estimate of drug-likeness (QED) is 0.486. The maximum Gasteiger partial charge on any atom is 0.473 e. The zero-order chi connectivity index (χ0) is 20.2. The molecule has 3 fully saturated rings. The number of aliphatic hydroxyl groups is 2. The number of fused-ring (bicyclic) bond motifs is 2. The third-order valence-electron chi connectivity index (χ3n) is 5.86. The van der Waals surface area contributed by atoms with Crippen LogP contribution in [-0.4, -0.2) is 71.7 Å². The van der Waals surface area contributed by atoms with Crippen molar-refractivity contribution < 1.29 is 33.5 Å². The van der Waals surface area contributed by atoms with E-state index in [1.54, 1.807) is 4.57 Å². The van der Waals surface area contributed by atoms with Gasteiger partial charge >= 0.3 is 7.82 Å². The molecule has 13 heteroatoms. The number of aromatic nitrogens is 4. The molecule has 1 aliphatic carbocycles. The van der Waals surface area contributed by atoms with Gasteiger partial charge < -0.3 is 25.2 Å². The molecule has 1 unspecified atom stereocenters. The van der Waals surface area contributed by atoms with Crippen molar-refractivity contribution in [1.29, 1.82) is 0 Å². The van der Waals surface area contributed by atoms with Gasteiger partial charge in [0.2, 0.25) is 0 Å². The van der Waals surface area contributed by atoms with Gasteiger partial charge in [0, 0.05) is 0 Å². The highest BCUT2D eigenvalue weighted by Gasteiger charge is 2.57. The Morgan fingerprint density at radius 2 is 1.97 bits per heavy atom. The minimum absolute atomic E-state index is 0.0101. The molecule has 2 aliphatic heterocycles. The second-order valence-corrected chi connectivity index (χ2v) is 9.03. The normalized spacial score (nSPS) is 36.0. The monoisotopic (exact) mass is 427 g/mol. The first-order valence-electron chi connectivity index (χ1n) is 9.48. The summed E-state index contributed by atoms with van der Waals surface area (Å²) in [5.41, 5.74) is 0.471. The summed E-state index contributed by atoms with van der Waals surface area (Å²) < 4.78 is 29.5. The van der Waals surface area contributed by atoms with Crippen LogP contribution in [0.5, 0.6) is 0 Å². The molecule has 0 spiro atoms. The average molecular weight is 427 g/mol. The van der Waals surface area contributed by atoms with Gasteiger partial charge in [0.25, 0.3) is 0 Å². The lowest BCUT2D eigenvalue weighted by Gasteiger charge is -2.28. The van der Waals surface area contributed by atoms with Crippen LogP contribution in [0.2, 0.25) is 0 Å². The van der Waals surface area contributed by atoms with E-state index in [-0.39, 0.29) is 6.61 Å². The van der Waals surface area contributed by atoms with Crippen LogP contribution in [0.1, 0.15) is 31.9 Å². The number of anilines is 1. The summed E-state index contributed by atoms with van der Waals surface area (Å²) in [5.74, 6) is 0.495. The van der Waals surface area contributed by atoms with Gasteiger partial charge in [-0.2, -0.15) is 0 Å². The number of nitrogens with one attached hydrogen (secondary N) is 1. The average Bonchev–Trinajstić information content (AvgIpc) is 3.45. The molecule has 2 aromatic rings. The first kappa shape index (κ1) is 19.3. The molecule has 158 valence electrons. The molecule has 12 nitrogen and oxygen atoms in total. The molecule has 29 heavy (non-hydrogen) atoms. The van der Waals surface area contributed by atoms with E-state index in [9.17, 15) is 19.7 Å². The minimum Gasteiger partial charge on any atom is -0.394 e. The Kier molecular flexibility index (Phi) is 4.63. The minimum atomic E-state index is -4.21. The van der Waals surface area contributed by atoms with Gasteiger partial charge in [0.15, 0.2) is 23.2 Å². The highest BCUT2D eigenvalue weighted by atomic mass is 31.2. The molecule has 0 radical (unpaired) electrons. The van der Waals surface area contributed by atoms with E-state index in [0.717, 1.165) is 25.7 Å². The molecule has 0 aromatic carbocycles. The van der Waals surface area contributed by atoms with Gasteiger partial charge in [-0.05, 0) is 12.8 Å². The van der Waals surface area contributed by atoms with Crippen LogP contribution in [0.15, 0.2) is 12.7 Å². The second kappa shape index (κ2) is 6.95. The van der Waals surface area contributed by atoms with Gasteiger partial charge in [-0.3, -0.25) is 13.6 Å². The molecule has 2 saturated heterocycles.